The zero-order valence-corrected chi connectivity index (χ0v) is 11.8. The molecule has 4 heteroatoms. The van der Waals surface area contributed by atoms with Gasteiger partial charge in [-0.2, -0.15) is 0 Å². The molecule has 1 amide bonds. The first-order chi connectivity index (χ1) is 9.63. The van der Waals surface area contributed by atoms with E-state index in [1.165, 1.54) is 6.42 Å². The van der Waals surface area contributed by atoms with Crippen LogP contribution < -0.4 is 0 Å². The van der Waals surface area contributed by atoms with Crippen LogP contribution >= 0.6 is 0 Å². The molecule has 0 aromatic carbocycles. The van der Waals surface area contributed by atoms with Crippen LogP contribution in [0, 0.1) is 23.7 Å². The quantitative estimate of drug-likeness (QED) is 0.802. The summed E-state index contributed by atoms with van der Waals surface area (Å²) in [5.74, 6) is 1.46. The van der Waals surface area contributed by atoms with Gasteiger partial charge in [0, 0.05) is 25.4 Å². The number of allylic oxidation sites excluding steroid dienone is 2. The highest BCUT2D eigenvalue weighted by Crippen LogP contribution is 2.44. The second-order valence-corrected chi connectivity index (χ2v) is 6.59. The molecule has 2 bridgehead atoms. The van der Waals surface area contributed by atoms with Crippen molar-refractivity contribution in [2.75, 3.05) is 13.1 Å². The van der Waals surface area contributed by atoms with Crippen molar-refractivity contribution in [3.8, 4) is 0 Å². The second kappa shape index (κ2) is 5.58. The highest BCUT2D eigenvalue weighted by molar-refractivity contribution is 5.80. The van der Waals surface area contributed by atoms with Gasteiger partial charge in [-0.25, -0.2) is 0 Å². The summed E-state index contributed by atoms with van der Waals surface area (Å²) in [5, 5.41) is 8.72. The summed E-state index contributed by atoms with van der Waals surface area (Å²) < 4.78 is 0. The number of carboxylic acid groups (broad SMARTS) is 1. The van der Waals surface area contributed by atoms with Gasteiger partial charge in [-0.1, -0.05) is 12.2 Å². The van der Waals surface area contributed by atoms with Crippen LogP contribution in [-0.4, -0.2) is 35.0 Å². The molecule has 1 heterocycles. The van der Waals surface area contributed by atoms with Crippen LogP contribution in [0.2, 0.25) is 0 Å². The van der Waals surface area contributed by atoms with E-state index >= 15 is 0 Å². The van der Waals surface area contributed by atoms with Crippen molar-refractivity contribution in [1.82, 2.24) is 4.90 Å². The Balaban J connectivity index is 1.47. The number of piperidine rings is 1. The van der Waals surface area contributed by atoms with Gasteiger partial charge < -0.3 is 10.0 Å². The lowest BCUT2D eigenvalue weighted by molar-refractivity contribution is -0.139. The van der Waals surface area contributed by atoms with Crippen LogP contribution in [0.1, 0.15) is 38.5 Å². The molecule has 1 N–H and O–H groups in total. The first-order valence-corrected chi connectivity index (χ1v) is 7.82. The van der Waals surface area contributed by atoms with Gasteiger partial charge in [0.25, 0.3) is 0 Å². The Bertz CT molecular complexity index is 423. The van der Waals surface area contributed by atoms with Crippen LogP contribution in [0.3, 0.4) is 0 Å². The fraction of sp³-hybridized carbons (Fsp3) is 0.750. The molecule has 1 saturated carbocycles. The molecule has 0 aromatic heterocycles. The largest absolute Gasteiger partial charge is 0.481 e. The normalized spacial score (nSPS) is 32.8. The SMILES string of the molecule is O=C(O)CCC1CCN(C(=O)C2CC3C=CC2C3)CC1. The van der Waals surface area contributed by atoms with E-state index in [0.29, 0.717) is 23.7 Å². The smallest absolute Gasteiger partial charge is 0.303 e. The van der Waals surface area contributed by atoms with Crippen LogP contribution in [0.25, 0.3) is 0 Å². The Morgan fingerprint density at radius 3 is 2.45 bits per heavy atom. The zero-order chi connectivity index (χ0) is 14.1. The third kappa shape index (κ3) is 2.74. The maximum Gasteiger partial charge on any atom is 0.303 e. The Hall–Kier alpha value is -1.32. The fourth-order valence-corrected chi connectivity index (χ4v) is 4.07. The van der Waals surface area contributed by atoms with Crippen molar-refractivity contribution < 1.29 is 14.7 Å². The van der Waals surface area contributed by atoms with Gasteiger partial charge in [0.2, 0.25) is 5.91 Å². The average molecular weight is 277 g/mol. The highest BCUT2D eigenvalue weighted by Gasteiger charge is 2.41. The molecule has 1 aliphatic heterocycles. The van der Waals surface area contributed by atoms with Crippen molar-refractivity contribution in [2.45, 2.75) is 38.5 Å². The predicted molar refractivity (Wildman–Crippen MR) is 75.0 cm³/mol. The predicted octanol–water partition coefficient (Wildman–Crippen LogP) is 2.30. The Morgan fingerprint density at radius 2 is 1.90 bits per heavy atom. The fourth-order valence-electron chi connectivity index (χ4n) is 4.07. The molecule has 0 spiro atoms. The lowest BCUT2D eigenvalue weighted by atomic mass is 9.89. The summed E-state index contributed by atoms with van der Waals surface area (Å²) in [4.78, 5) is 25.2. The molecule has 3 unspecified atom stereocenters. The van der Waals surface area contributed by atoms with E-state index in [-0.39, 0.29) is 12.3 Å². The van der Waals surface area contributed by atoms with Crippen LogP contribution in [-0.2, 0) is 9.59 Å². The third-order valence-corrected chi connectivity index (χ3v) is 5.29. The molecule has 2 fully saturated rings. The Morgan fingerprint density at radius 1 is 1.15 bits per heavy atom. The summed E-state index contributed by atoms with van der Waals surface area (Å²) in [7, 11) is 0. The van der Waals surface area contributed by atoms with Gasteiger partial charge in [0.05, 0.1) is 0 Å². The molecule has 3 aliphatic rings. The number of likely N-dealkylation sites (tertiary alicyclic amines) is 1. The number of rotatable bonds is 4. The first kappa shape index (κ1) is 13.7. The van der Waals surface area contributed by atoms with E-state index in [0.717, 1.165) is 38.8 Å². The zero-order valence-electron chi connectivity index (χ0n) is 11.8. The standard InChI is InChI=1S/C16H23NO3/c18-15(19)4-2-11-5-7-17(8-6-11)16(20)14-10-12-1-3-13(14)9-12/h1,3,11-14H,2,4-10H2,(H,18,19). The lowest BCUT2D eigenvalue weighted by Crippen LogP contribution is -2.42. The number of carbonyl (C=O) groups excluding carboxylic acids is 1. The monoisotopic (exact) mass is 277 g/mol. The minimum Gasteiger partial charge on any atom is -0.481 e. The minimum absolute atomic E-state index is 0.223. The van der Waals surface area contributed by atoms with Gasteiger partial charge >= 0.3 is 5.97 Å². The number of nitrogens with zero attached hydrogens (tertiary/aromatic N) is 1. The van der Waals surface area contributed by atoms with Crippen molar-refractivity contribution in [3.63, 3.8) is 0 Å². The molecule has 4 nitrogen and oxygen atoms in total. The number of fused-ring (bicyclic) bond motifs is 2. The molecule has 3 atom stereocenters. The van der Waals surface area contributed by atoms with Crippen LogP contribution in [0.4, 0.5) is 0 Å². The highest BCUT2D eigenvalue weighted by atomic mass is 16.4. The van der Waals surface area contributed by atoms with Crippen molar-refractivity contribution in [2.24, 2.45) is 23.7 Å². The van der Waals surface area contributed by atoms with E-state index in [1.807, 2.05) is 4.90 Å². The summed E-state index contributed by atoms with van der Waals surface area (Å²) in [6.45, 7) is 1.64. The third-order valence-electron chi connectivity index (χ3n) is 5.29. The van der Waals surface area contributed by atoms with E-state index in [1.54, 1.807) is 0 Å². The molecular formula is C16H23NO3. The average Bonchev–Trinajstić information content (AvgIpc) is 3.07. The number of aliphatic carboxylic acids is 1. The van der Waals surface area contributed by atoms with Gasteiger partial charge in [-0.05, 0) is 49.9 Å². The van der Waals surface area contributed by atoms with E-state index in [9.17, 15) is 9.59 Å². The minimum atomic E-state index is -0.711. The van der Waals surface area contributed by atoms with E-state index in [4.69, 9.17) is 5.11 Å². The van der Waals surface area contributed by atoms with Crippen molar-refractivity contribution >= 4 is 11.9 Å². The number of hydrogen-bond acceptors (Lipinski definition) is 2. The van der Waals surface area contributed by atoms with Gasteiger partial charge in [-0.3, -0.25) is 9.59 Å². The first-order valence-electron chi connectivity index (χ1n) is 7.82. The second-order valence-electron chi connectivity index (χ2n) is 6.59. The summed E-state index contributed by atoms with van der Waals surface area (Å²) >= 11 is 0. The molecule has 0 aromatic rings. The van der Waals surface area contributed by atoms with E-state index in [2.05, 4.69) is 12.2 Å². The maximum atomic E-state index is 12.6. The number of amides is 1. The molecule has 110 valence electrons. The van der Waals surface area contributed by atoms with Gasteiger partial charge in [-0.15, -0.1) is 0 Å². The summed E-state index contributed by atoms with van der Waals surface area (Å²) in [5.41, 5.74) is 0. The number of hydrogen-bond donors (Lipinski definition) is 1. The van der Waals surface area contributed by atoms with Gasteiger partial charge in [0.1, 0.15) is 0 Å². The number of carbonyl (C=O) groups is 2. The summed E-state index contributed by atoms with van der Waals surface area (Å²) in [6.07, 6.45) is 9.67. The molecule has 20 heavy (non-hydrogen) atoms. The van der Waals surface area contributed by atoms with E-state index < -0.39 is 5.97 Å². The lowest BCUT2D eigenvalue weighted by Gasteiger charge is -2.34. The molecule has 3 rings (SSSR count). The van der Waals surface area contributed by atoms with Crippen molar-refractivity contribution in [3.05, 3.63) is 12.2 Å². The molecule has 2 aliphatic carbocycles. The molecule has 0 radical (unpaired) electrons. The van der Waals surface area contributed by atoms with Gasteiger partial charge in [0.15, 0.2) is 0 Å². The summed E-state index contributed by atoms with van der Waals surface area (Å²) in [6, 6.07) is 0. The number of carboxylic acids is 1. The molecule has 1 saturated heterocycles. The Labute approximate surface area is 119 Å². The van der Waals surface area contributed by atoms with Crippen molar-refractivity contribution in [1.29, 1.82) is 0 Å². The maximum absolute atomic E-state index is 12.6. The van der Waals surface area contributed by atoms with Crippen LogP contribution in [0.5, 0.6) is 0 Å². The molecular weight excluding hydrogens is 254 g/mol. The van der Waals surface area contributed by atoms with Crippen LogP contribution in [0.15, 0.2) is 12.2 Å². The Kier molecular flexibility index (Phi) is 3.81. The topological polar surface area (TPSA) is 57.6 Å².